The second-order valence-corrected chi connectivity index (χ2v) is 7.51. The molecule has 3 aromatic rings. The van der Waals surface area contributed by atoms with Gasteiger partial charge in [0.05, 0.1) is 27.7 Å². The van der Waals surface area contributed by atoms with Crippen LogP contribution in [0.3, 0.4) is 0 Å². The smallest absolute Gasteiger partial charge is 0.237 e. The number of anilines is 2. The van der Waals surface area contributed by atoms with Crippen molar-refractivity contribution in [3.8, 4) is 0 Å². The van der Waals surface area contributed by atoms with Crippen molar-refractivity contribution in [2.75, 3.05) is 16.0 Å². The van der Waals surface area contributed by atoms with Crippen LogP contribution < -0.4 is 10.2 Å². The lowest BCUT2D eigenvalue weighted by atomic mass is 10.2. The van der Waals surface area contributed by atoms with Crippen LogP contribution in [-0.4, -0.2) is 28.6 Å². The van der Waals surface area contributed by atoms with Crippen molar-refractivity contribution in [2.45, 2.75) is 24.4 Å². The van der Waals surface area contributed by atoms with E-state index in [9.17, 15) is 9.59 Å². The van der Waals surface area contributed by atoms with Gasteiger partial charge in [-0.25, -0.2) is 4.98 Å². The summed E-state index contributed by atoms with van der Waals surface area (Å²) >= 11 is 1.41. The highest BCUT2D eigenvalue weighted by molar-refractivity contribution is 7.99. The Morgan fingerprint density at radius 2 is 1.93 bits per heavy atom. The van der Waals surface area contributed by atoms with Gasteiger partial charge in [0.2, 0.25) is 11.8 Å². The first-order valence-electron chi connectivity index (χ1n) is 8.81. The molecule has 0 saturated carbocycles. The zero-order valence-electron chi connectivity index (χ0n) is 14.9. The third-order valence-corrected chi connectivity index (χ3v) is 5.46. The molecule has 1 aliphatic heterocycles. The van der Waals surface area contributed by atoms with Crippen molar-refractivity contribution in [1.29, 1.82) is 0 Å². The highest BCUT2D eigenvalue weighted by atomic mass is 32.2. The molecule has 0 radical (unpaired) electrons. The molecule has 1 N–H and O–H groups in total. The molecular weight excluding hydrogens is 358 g/mol. The molecule has 27 heavy (non-hydrogen) atoms. The third-order valence-electron chi connectivity index (χ3n) is 4.54. The fourth-order valence-corrected chi connectivity index (χ4v) is 4.04. The molecule has 0 bridgehead atoms. The first-order chi connectivity index (χ1) is 13.1. The molecule has 1 aromatic heterocycles. The third kappa shape index (κ3) is 3.66. The first-order valence-corrected chi connectivity index (χ1v) is 9.80. The van der Waals surface area contributed by atoms with Crippen LogP contribution >= 0.6 is 11.8 Å². The molecule has 2 aromatic carbocycles. The van der Waals surface area contributed by atoms with Crippen LogP contribution in [0.5, 0.6) is 0 Å². The quantitative estimate of drug-likeness (QED) is 0.699. The normalized spacial score (nSPS) is 16.6. The fourth-order valence-electron chi connectivity index (χ4n) is 3.30. The van der Waals surface area contributed by atoms with Crippen LogP contribution in [-0.2, 0) is 9.59 Å². The van der Waals surface area contributed by atoms with Gasteiger partial charge in [0.15, 0.2) is 0 Å². The number of carbonyl (C=O) groups is 2. The van der Waals surface area contributed by atoms with Crippen LogP contribution in [0.4, 0.5) is 11.4 Å². The molecular formula is C21H19N3O2S. The Balaban J connectivity index is 1.55. The zero-order chi connectivity index (χ0) is 18.8. The van der Waals surface area contributed by atoms with Crippen molar-refractivity contribution in [3.63, 3.8) is 0 Å². The van der Waals surface area contributed by atoms with Gasteiger partial charge in [0.25, 0.3) is 0 Å². The standard InChI is InChI=1S/C21H19N3O2S/c1-14-12-19(25)22-17-8-4-5-9-18(17)24(14)21(26)13-27-20-11-10-15-6-2-3-7-16(15)23-20/h2-11,14H,12-13H2,1H3,(H,22,25)/t14-/m1/s1. The summed E-state index contributed by atoms with van der Waals surface area (Å²) < 4.78 is 0. The van der Waals surface area contributed by atoms with Gasteiger partial charge in [-0.3, -0.25) is 9.59 Å². The van der Waals surface area contributed by atoms with Gasteiger partial charge in [0.1, 0.15) is 0 Å². The van der Waals surface area contributed by atoms with Crippen LogP contribution in [0.2, 0.25) is 0 Å². The number of aromatic nitrogens is 1. The molecule has 2 heterocycles. The second kappa shape index (κ2) is 7.40. The second-order valence-electron chi connectivity index (χ2n) is 6.51. The van der Waals surface area contributed by atoms with E-state index in [1.54, 1.807) is 4.90 Å². The molecule has 0 fully saturated rings. The predicted molar refractivity (Wildman–Crippen MR) is 109 cm³/mol. The lowest BCUT2D eigenvalue weighted by Crippen LogP contribution is -2.40. The highest BCUT2D eigenvalue weighted by Crippen LogP contribution is 2.32. The van der Waals surface area contributed by atoms with Gasteiger partial charge < -0.3 is 10.2 Å². The average Bonchev–Trinajstić information content (AvgIpc) is 2.80. The van der Waals surface area contributed by atoms with Gasteiger partial charge in [-0.2, -0.15) is 0 Å². The number of amides is 2. The van der Waals surface area contributed by atoms with Gasteiger partial charge in [-0.1, -0.05) is 48.2 Å². The maximum absolute atomic E-state index is 13.0. The number of hydrogen-bond donors (Lipinski definition) is 1. The number of para-hydroxylation sites is 3. The maximum atomic E-state index is 13.0. The van der Waals surface area contributed by atoms with Crippen LogP contribution in [0.25, 0.3) is 10.9 Å². The first kappa shape index (κ1) is 17.5. The number of thioether (sulfide) groups is 1. The molecule has 0 spiro atoms. The summed E-state index contributed by atoms with van der Waals surface area (Å²) in [7, 11) is 0. The number of fused-ring (bicyclic) bond motifs is 2. The van der Waals surface area contributed by atoms with Crippen molar-refractivity contribution in [2.24, 2.45) is 0 Å². The summed E-state index contributed by atoms with van der Waals surface area (Å²) in [6.45, 7) is 1.90. The lowest BCUT2D eigenvalue weighted by molar-refractivity contribution is -0.117. The van der Waals surface area contributed by atoms with Crippen LogP contribution in [0.15, 0.2) is 65.7 Å². The molecule has 1 atom stereocenters. The highest BCUT2D eigenvalue weighted by Gasteiger charge is 2.29. The number of nitrogens with one attached hydrogen (secondary N) is 1. The SMILES string of the molecule is C[C@@H]1CC(=O)Nc2ccccc2N1C(=O)CSc1ccc2ccccc2n1. The van der Waals surface area contributed by atoms with Gasteiger partial charge in [-0.15, -0.1) is 0 Å². The Labute approximate surface area is 161 Å². The molecule has 136 valence electrons. The van der Waals surface area contributed by atoms with E-state index in [1.165, 1.54) is 11.8 Å². The van der Waals surface area contributed by atoms with E-state index in [1.807, 2.05) is 67.6 Å². The summed E-state index contributed by atoms with van der Waals surface area (Å²) in [5.41, 5.74) is 2.33. The minimum atomic E-state index is -0.202. The van der Waals surface area contributed by atoms with Crippen molar-refractivity contribution >= 4 is 45.9 Å². The van der Waals surface area contributed by atoms with E-state index in [0.29, 0.717) is 5.69 Å². The van der Waals surface area contributed by atoms with E-state index in [4.69, 9.17) is 0 Å². The number of benzene rings is 2. The molecule has 6 heteroatoms. The summed E-state index contributed by atoms with van der Waals surface area (Å²) in [5, 5.41) is 4.77. The Morgan fingerprint density at radius 3 is 2.81 bits per heavy atom. The largest absolute Gasteiger partial charge is 0.324 e. The summed E-state index contributed by atoms with van der Waals surface area (Å²) in [6, 6.07) is 19.1. The van der Waals surface area contributed by atoms with Crippen LogP contribution in [0.1, 0.15) is 13.3 Å². The monoisotopic (exact) mass is 377 g/mol. The van der Waals surface area contributed by atoms with E-state index >= 15 is 0 Å². The Kier molecular flexibility index (Phi) is 4.81. The number of nitrogens with zero attached hydrogens (tertiary/aromatic N) is 2. The Hall–Kier alpha value is -2.86. The molecule has 1 aliphatic rings. The van der Waals surface area contributed by atoms with Gasteiger partial charge in [0, 0.05) is 17.8 Å². The molecule has 2 amide bonds. The average molecular weight is 377 g/mol. The predicted octanol–water partition coefficient (Wildman–Crippen LogP) is 4.09. The fraction of sp³-hybridized carbons (Fsp3) is 0.190. The summed E-state index contributed by atoms with van der Waals surface area (Å²) in [4.78, 5) is 31.4. The van der Waals surface area contributed by atoms with Crippen molar-refractivity contribution in [1.82, 2.24) is 4.98 Å². The number of hydrogen-bond acceptors (Lipinski definition) is 4. The van der Waals surface area contributed by atoms with Crippen molar-refractivity contribution < 1.29 is 9.59 Å². The van der Waals surface area contributed by atoms with Gasteiger partial charge >= 0.3 is 0 Å². The zero-order valence-corrected chi connectivity index (χ0v) is 15.7. The Morgan fingerprint density at radius 1 is 1.15 bits per heavy atom. The lowest BCUT2D eigenvalue weighted by Gasteiger charge is -2.27. The summed E-state index contributed by atoms with van der Waals surface area (Å²) in [6.07, 6.45) is 0.277. The molecule has 0 unspecified atom stereocenters. The number of pyridine rings is 1. The van der Waals surface area contributed by atoms with Crippen LogP contribution in [0, 0.1) is 0 Å². The van der Waals surface area contributed by atoms with Crippen molar-refractivity contribution in [3.05, 3.63) is 60.7 Å². The molecule has 0 aliphatic carbocycles. The van der Waals surface area contributed by atoms with E-state index < -0.39 is 0 Å². The van der Waals surface area contributed by atoms with E-state index in [2.05, 4.69) is 10.3 Å². The topological polar surface area (TPSA) is 62.3 Å². The van der Waals surface area contributed by atoms with E-state index in [-0.39, 0.29) is 30.0 Å². The molecule has 0 saturated heterocycles. The van der Waals surface area contributed by atoms with E-state index in [0.717, 1.165) is 21.6 Å². The summed E-state index contributed by atoms with van der Waals surface area (Å²) in [5.74, 6) is 0.151. The minimum Gasteiger partial charge on any atom is -0.324 e. The van der Waals surface area contributed by atoms with Gasteiger partial charge in [-0.05, 0) is 31.2 Å². The minimum absolute atomic E-state index is 0.0357. The maximum Gasteiger partial charge on any atom is 0.237 e. The number of rotatable bonds is 3. The molecule has 5 nitrogen and oxygen atoms in total. The Bertz CT molecular complexity index is 1020. The molecule has 4 rings (SSSR count). The number of carbonyl (C=O) groups excluding carboxylic acids is 2.